The summed E-state index contributed by atoms with van der Waals surface area (Å²) in [6.45, 7) is 1.80. The van der Waals surface area contributed by atoms with E-state index >= 15 is 8.78 Å². The number of pyridine rings is 1. The number of nitrogens with two attached hydrogens (primary N) is 1. The number of amides is 1. The van der Waals surface area contributed by atoms with Crippen molar-refractivity contribution in [3.05, 3.63) is 94.1 Å². The first-order valence-corrected chi connectivity index (χ1v) is 15.7. The lowest BCUT2D eigenvalue weighted by atomic mass is 9.84. The Morgan fingerprint density at radius 3 is 2.50 bits per heavy atom. The lowest BCUT2D eigenvalue weighted by molar-refractivity contribution is -0.142. The fourth-order valence-corrected chi connectivity index (χ4v) is 6.48. The molecule has 2 aromatic carbocycles. The van der Waals surface area contributed by atoms with Crippen LogP contribution in [0.4, 0.5) is 36.6 Å². The molecule has 3 atom stereocenters. The number of anilines is 1. The van der Waals surface area contributed by atoms with Crippen LogP contribution in [0, 0.1) is 41.2 Å². The van der Waals surface area contributed by atoms with Crippen LogP contribution >= 0.6 is 0 Å². The summed E-state index contributed by atoms with van der Waals surface area (Å²) in [7, 11) is 0. The maximum atomic E-state index is 15.4. The number of H-pyrrole nitrogens is 1. The van der Waals surface area contributed by atoms with Gasteiger partial charge in [0.2, 0.25) is 5.91 Å². The number of fused-ring (bicyclic) bond motifs is 4. The van der Waals surface area contributed by atoms with E-state index in [1.54, 1.807) is 24.3 Å². The van der Waals surface area contributed by atoms with E-state index in [1.165, 1.54) is 19.9 Å². The molecule has 0 aliphatic heterocycles. The van der Waals surface area contributed by atoms with Crippen LogP contribution in [0.5, 0.6) is 0 Å². The highest BCUT2D eigenvalue weighted by atomic mass is 19.4. The van der Waals surface area contributed by atoms with Crippen LogP contribution in [0.3, 0.4) is 0 Å². The Morgan fingerprint density at radius 1 is 1.12 bits per heavy atom. The minimum Gasteiger partial charge on any atom is -0.382 e. The van der Waals surface area contributed by atoms with Gasteiger partial charge in [-0.3, -0.25) is 14.6 Å². The van der Waals surface area contributed by atoms with Crippen LogP contribution in [0.2, 0.25) is 0 Å². The van der Waals surface area contributed by atoms with Gasteiger partial charge in [0.05, 0.1) is 23.2 Å². The molecule has 0 bridgehead atoms. The summed E-state index contributed by atoms with van der Waals surface area (Å²) < 4.78 is 102. The Kier molecular flexibility index (Phi) is 8.06. The quantitative estimate of drug-likeness (QED) is 0.125. The maximum absolute atomic E-state index is 15.4. The summed E-state index contributed by atoms with van der Waals surface area (Å²) in [5.41, 5.74) is 2.72. The molecule has 266 valence electrons. The van der Waals surface area contributed by atoms with Gasteiger partial charge in [0.25, 0.3) is 0 Å². The molecule has 0 saturated heterocycles. The Labute approximate surface area is 290 Å². The lowest BCUT2D eigenvalue weighted by Crippen LogP contribution is -2.36. The molecule has 0 saturated carbocycles. The largest absolute Gasteiger partial charge is 0.435 e. The topological polar surface area (TPSA) is 135 Å². The predicted molar refractivity (Wildman–Crippen MR) is 173 cm³/mol. The van der Waals surface area contributed by atoms with Crippen LogP contribution in [-0.2, 0) is 29.9 Å². The molecule has 2 aliphatic carbocycles. The van der Waals surface area contributed by atoms with Gasteiger partial charge < -0.3 is 16.2 Å². The molecule has 5 aromatic rings. The number of nitrogens with zero attached hydrogens (tertiary/aromatic N) is 4. The summed E-state index contributed by atoms with van der Waals surface area (Å²) in [5.74, 6) is 0.293. The monoisotopic (exact) mass is 721 g/mol. The van der Waals surface area contributed by atoms with Gasteiger partial charge in [-0.15, -0.1) is 0 Å². The fourth-order valence-electron chi connectivity index (χ4n) is 6.48. The minimum absolute atomic E-state index is 0.0483. The van der Waals surface area contributed by atoms with Crippen molar-refractivity contribution in [1.82, 2.24) is 30.3 Å². The molecule has 9 nitrogen and oxygen atoms in total. The van der Waals surface area contributed by atoms with Gasteiger partial charge in [-0.05, 0) is 62.1 Å². The number of aromatic amines is 1. The van der Waals surface area contributed by atoms with Crippen molar-refractivity contribution >= 4 is 22.6 Å². The predicted octanol–water partition coefficient (Wildman–Crippen LogP) is 5.75. The highest BCUT2D eigenvalue weighted by Gasteiger charge is 2.62. The normalized spacial score (nSPS) is 17.7. The lowest BCUT2D eigenvalue weighted by Gasteiger charge is -2.24. The second-order valence-electron chi connectivity index (χ2n) is 13.0. The molecule has 0 radical (unpaired) electrons. The second kappa shape index (κ2) is 12.1. The number of nitrogens with one attached hydrogen (secondary N) is 2. The number of carbonyl (C=O) groups is 1. The number of carbonyl (C=O) groups excluding carboxylic acids is 1. The Bertz CT molecular complexity index is 2380. The molecular formula is C36H26F7N7O2. The van der Waals surface area contributed by atoms with E-state index < -0.39 is 76.6 Å². The van der Waals surface area contributed by atoms with Crippen molar-refractivity contribution in [2.24, 2.45) is 5.92 Å². The zero-order chi connectivity index (χ0) is 37.3. The first kappa shape index (κ1) is 34.6. The smallest absolute Gasteiger partial charge is 0.382 e. The molecule has 2 aliphatic rings. The second-order valence-corrected chi connectivity index (χ2v) is 13.0. The SMILES string of the molecule is CC(C)(O)C#Cc1ccc(-c2cccc3c(N)n[nH]c23)c(C(Cc2cc(F)cc(F)c2)NC(=O)Cn2nc(C(F)(F)F)c3c2C(F)(F)[C@@H]2C#C[C@H]32)n1. The van der Waals surface area contributed by atoms with Gasteiger partial charge in [-0.1, -0.05) is 29.9 Å². The van der Waals surface area contributed by atoms with E-state index in [0.717, 1.165) is 12.1 Å². The number of benzene rings is 2. The maximum Gasteiger partial charge on any atom is 0.435 e. The van der Waals surface area contributed by atoms with Crippen LogP contribution in [-0.4, -0.2) is 41.6 Å². The number of aliphatic hydroxyl groups is 1. The van der Waals surface area contributed by atoms with Crippen LogP contribution in [0.1, 0.15) is 59.7 Å². The van der Waals surface area contributed by atoms with E-state index in [4.69, 9.17) is 5.73 Å². The van der Waals surface area contributed by atoms with Crippen LogP contribution in [0.15, 0.2) is 48.5 Å². The van der Waals surface area contributed by atoms with Crippen molar-refractivity contribution < 1.29 is 40.6 Å². The molecule has 52 heavy (non-hydrogen) atoms. The van der Waals surface area contributed by atoms with Crippen molar-refractivity contribution in [3.63, 3.8) is 0 Å². The first-order chi connectivity index (χ1) is 24.4. The van der Waals surface area contributed by atoms with E-state index in [0.29, 0.717) is 32.8 Å². The molecule has 3 aromatic heterocycles. The van der Waals surface area contributed by atoms with Gasteiger partial charge in [-0.25, -0.2) is 13.8 Å². The number of aromatic nitrogens is 5. The summed E-state index contributed by atoms with van der Waals surface area (Å²) in [5, 5.41) is 23.7. The number of halogens is 7. The third kappa shape index (κ3) is 6.19. The molecule has 0 spiro atoms. The molecular weight excluding hydrogens is 695 g/mol. The molecule has 7 rings (SSSR count). The number of alkyl halides is 5. The van der Waals surface area contributed by atoms with Gasteiger partial charge in [-0.2, -0.15) is 32.1 Å². The van der Waals surface area contributed by atoms with Gasteiger partial charge in [0, 0.05) is 28.1 Å². The van der Waals surface area contributed by atoms with Crippen LogP contribution < -0.4 is 11.1 Å². The third-order valence-electron chi connectivity index (χ3n) is 8.66. The molecule has 3 heterocycles. The summed E-state index contributed by atoms with van der Waals surface area (Å²) in [6.07, 6.45) is -5.44. The standard InChI is InChI=1S/C36H26F7N7O2/c1-34(2,52)11-10-20-6-7-22(21-4-3-5-24-29(21)47-48-33(24)44)30(45-20)26(14-17-12-18(37)15-19(38)13-17)46-27(51)16-50-32-28(31(49-50)36(41,42)43)23-8-9-25(23)35(32,39)40/h3-7,12-13,15,23,25-26,52H,14,16H2,1-2H3,(H,46,51)(H3,44,47,48)/t23-,25+,26?/m0/s1. The Balaban J connectivity index is 1.35. The number of nitrogen functional groups attached to an aromatic ring is 1. The van der Waals surface area contributed by atoms with Gasteiger partial charge in [0.1, 0.15) is 41.1 Å². The van der Waals surface area contributed by atoms with E-state index in [9.17, 15) is 31.9 Å². The highest BCUT2D eigenvalue weighted by Crippen LogP contribution is 2.58. The van der Waals surface area contributed by atoms with E-state index in [-0.39, 0.29) is 29.2 Å². The number of hydrogen-bond acceptors (Lipinski definition) is 6. The molecule has 1 unspecified atom stereocenters. The van der Waals surface area contributed by atoms with Crippen molar-refractivity contribution in [2.75, 3.05) is 5.73 Å². The zero-order valence-corrected chi connectivity index (χ0v) is 27.1. The van der Waals surface area contributed by atoms with Crippen LogP contribution in [0.25, 0.3) is 22.0 Å². The third-order valence-corrected chi connectivity index (χ3v) is 8.66. The van der Waals surface area contributed by atoms with E-state index in [2.05, 4.69) is 49.3 Å². The molecule has 1 amide bonds. The Hall–Kier alpha value is -5.87. The average Bonchev–Trinajstić information content (AvgIpc) is 3.63. The number of hydrogen-bond donors (Lipinski definition) is 4. The fraction of sp³-hybridized carbons (Fsp3) is 0.278. The van der Waals surface area contributed by atoms with Gasteiger partial charge in [0.15, 0.2) is 11.5 Å². The molecule has 0 fully saturated rings. The average molecular weight is 722 g/mol. The number of para-hydroxylation sites is 1. The molecule has 16 heteroatoms. The van der Waals surface area contributed by atoms with Crippen molar-refractivity contribution in [1.29, 1.82) is 0 Å². The zero-order valence-electron chi connectivity index (χ0n) is 27.1. The van der Waals surface area contributed by atoms with Gasteiger partial charge >= 0.3 is 12.1 Å². The Morgan fingerprint density at radius 2 is 1.85 bits per heavy atom. The first-order valence-electron chi connectivity index (χ1n) is 15.7. The number of rotatable bonds is 7. The summed E-state index contributed by atoms with van der Waals surface area (Å²) >= 11 is 0. The summed E-state index contributed by atoms with van der Waals surface area (Å²) in [6, 6.07) is 9.57. The van der Waals surface area contributed by atoms with Crippen molar-refractivity contribution in [2.45, 2.75) is 56.5 Å². The minimum atomic E-state index is -5.11. The molecule has 5 N–H and O–H groups in total. The summed E-state index contributed by atoms with van der Waals surface area (Å²) in [4.78, 5) is 18.4. The van der Waals surface area contributed by atoms with E-state index in [1.807, 2.05) is 0 Å². The highest BCUT2D eigenvalue weighted by molar-refractivity contribution is 5.99. The van der Waals surface area contributed by atoms with Crippen molar-refractivity contribution in [3.8, 4) is 34.8 Å².